The lowest BCUT2D eigenvalue weighted by atomic mass is 10.2. The van der Waals surface area contributed by atoms with Gasteiger partial charge >= 0.3 is 5.97 Å². The van der Waals surface area contributed by atoms with Crippen molar-refractivity contribution >= 4 is 17.9 Å². The number of carboxylic acid groups (broad SMARTS) is 1. The molecular formula is C14H11NO3. The lowest BCUT2D eigenvalue weighted by Crippen LogP contribution is -1.94. The largest absolute Gasteiger partial charge is 0.507 e. The molecule has 4 nitrogen and oxygen atoms in total. The van der Waals surface area contributed by atoms with Gasteiger partial charge in [-0.25, -0.2) is 4.79 Å². The van der Waals surface area contributed by atoms with E-state index in [1.54, 1.807) is 36.4 Å². The molecule has 0 bridgehead atoms. The number of rotatable bonds is 3. The maximum Gasteiger partial charge on any atom is 0.335 e. The third-order valence-corrected chi connectivity index (χ3v) is 2.40. The van der Waals surface area contributed by atoms with Gasteiger partial charge in [-0.3, -0.25) is 4.99 Å². The lowest BCUT2D eigenvalue weighted by Gasteiger charge is -1.98. The molecule has 4 heteroatoms. The van der Waals surface area contributed by atoms with Crippen LogP contribution in [-0.2, 0) is 0 Å². The van der Waals surface area contributed by atoms with Crippen molar-refractivity contribution in [3.05, 3.63) is 59.7 Å². The van der Waals surface area contributed by atoms with Crippen molar-refractivity contribution in [1.29, 1.82) is 0 Å². The first-order chi connectivity index (χ1) is 8.66. The zero-order valence-corrected chi connectivity index (χ0v) is 9.45. The summed E-state index contributed by atoms with van der Waals surface area (Å²) < 4.78 is 0. The molecule has 0 saturated heterocycles. The van der Waals surface area contributed by atoms with E-state index in [-0.39, 0.29) is 11.3 Å². The third-order valence-electron chi connectivity index (χ3n) is 2.40. The van der Waals surface area contributed by atoms with Gasteiger partial charge in [0, 0.05) is 11.8 Å². The quantitative estimate of drug-likeness (QED) is 0.812. The van der Waals surface area contributed by atoms with Crippen LogP contribution in [0.25, 0.3) is 0 Å². The molecule has 2 rings (SSSR count). The normalized spacial score (nSPS) is 10.7. The molecule has 90 valence electrons. The van der Waals surface area contributed by atoms with Gasteiger partial charge in [-0.05, 0) is 36.4 Å². The molecule has 0 aliphatic rings. The summed E-state index contributed by atoms with van der Waals surface area (Å²) in [5, 5.41) is 18.3. The number of phenols is 1. The van der Waals surface area contributed by atoms with E-state index >= 15 is 0 Å². The molecule has 0 aromatic heterocycles. The first-order valence-corrected chi connectivity index (χ1v) is 5.32. The Morgan fingerprint density at radius 1 is 1.06 bits per heavy atom. The second-order valence-corrected chi connectivity index (χ2v) is 3.67. The number of aromatic carboxylic acids is 1. The van der Waals surface area contributed by atoms with E-state index in [2.05, 4.69) is 4.99 Å². The standard InChI is InChI=1S/C14H11NO3/c16-13-4-2-1-3-11(13)9-15-12-7-5-10(6-8-12)14(17)18/h1-9,16H,(H,17,18)/b15-9+. The minimum Gasteiger partial charge on any atom is -0.507 e. The summed E-state index contributed by atoms with van der Waals surface area (Å²) in [6.07, 6.45) is 1.53. The summed E-state index contributed by atoms with van der Waals surface area (Å²) in [5.41, 5.74) is 1.46. The topological polar surface area (TPSA) is 69.9 Å². The Morgan fingerprint density at radius 3 is 2.33 bits per heavy atom. The highest BCUT2D eigenvalue weighted by Gasteiger charge is 2.00. The van der Waals surface area contributed by atoms with Gasteiger partial charge in [0.15, 0.2) is 0 Å². The first kappa shape index (κ1) is 11.9. The van der Waals surface area contributed by atoms with Crippen molar-refractivity contribution in [2.45, 2.75) is 0 Å². The van der Waals surface area contributed by atoms with Gasteiger partial charge in [0.1, 0.15) is 5.75 Å². The van der Waals surface area contributed by atoms with Crippen molar-refractivity contribution in [2.75, 3.05) is 0 Å². The molecule has 0 radical (unpaired) electrons. The highest BCUT2D eigenvalue weighted by Crippen LogP contribution is 2.16. The second kappa shape index (κ2) is 5.14. The summed E-state index contributed by atoms with van der Waals surface area (Å²) in [6, 6.07) is 13.0. The first-order valence-electron chi connectivity index (χ1n) is 5.32. The van der Waals surface area contributed by atoms with E-state index < -0.39 is 5.97 Å². The number of phenolic OH excluding ortho intramolecular Hbond substituents is 1. The molecule has 0 unspecified atom stereocenters. The zero-order valence-electron chi connectivity index (χ0n) is 9.45. The van der Waals surface area contributed by atoms with Crippen LogP contribution in [0.2, 0.25) is 0 Å². The van der Waals surface area contributed by atoms with E-state index in [0.29, 0.717) is 11.3 Å². The Hall–Kier alpha value is -2.62. The smallest absolute Gasteiger partial charge is 0.335 e. The number of carboxylic acids is 1. The molecule has 0 spiro atoms. The van der Waals surface area contributed by atoms with Crippen LogP contribution in [0.1, 0.15) is 15.9 Å². The Balaban J connectivity index is 2.19. The third kappa shape index (κ3) is 2.74. The molecular weight excluding hydrogens is 230 g/mol. The molecule has 0 amide bonds. The average Bonchev–Trinajstić information content (AvgIpc) is 2.38. The molecule has 0 aliphatic carbocycles. The van der Waals surface area contributed by atoms with Crippen LogP contribution >= 0.6 is 0 Å². The number of hydrogen-bond acceptors (Lipinski definition) is 3. The van der Waals surface area contributed by atoms with Gasteiger partial charge in [-0.1, -0.05) is 12.1 Å². The number of aliphatic imine (C=N–C) groups is 1. The van der Waals surface area contributed by atoms with Crippen LogP contribution in [0.15, 0.2) is 53.5 Å². The monoisotopic (exact) mass is 241 g/mol. The molecule has 0 atom stereocenters. The van der Waals surface area contributed by atoms with Crippen molar-refractivity contribution < 1.29 is 15.0 Å². The van der Waals surface area contributed by atoms with Crippen molar-refractivity contribution in [3.63, 3.8) is 0 Å². The maximum atomic E-state index is 10.7. The van der Waals surface area contributed by atoms with E-state index in [1.807, 2.05) is 0 Å². The SMILES string of the molecule is O=C(O)c1ccc(/N=C/c2ccccc2O)cc1. The fourth-order valence-electron chi connectivity index (χ4n) is 1.43. The minimum atomic E-state index is -0.966. The van der Waals surface area contributed by atoms with Crippen LogP contribution in [0.3, 0.4) is 0 Å². The molecule has 2 aromatic rings. The number of hydrogen-bond donors (Lipinski definition) is 2. The Bertz CT molecular complexity index is 588. The fraction of sp³-hybridized carbons (Fsp3) is 0. The highest BCUT2D eigenvalue weighted by atomic mass is 16.4. The number of carbonyl (C=O) groups is 1. The molecule has 0 aliphatic heterocycles. The van der Waals surface area contributed by atoms with Crippen LogP contribution in [0, 0.1) is 0 Å². The molecule has 0 fully saturated rings. The summed E-state index contributed by atoms with van der Waals surface area (Å²) in [6.45, 7) is 0. The molecule has 2 aromatic carbocycles. The van der Waals surface area contributed by atoms with Crippen LogP contribution in [0.4, 0.5) is 5.69 Å². The Morgan fingerprint density at radius 2 is 1.72 bits per heavy atom. The van der Waals surface area contributed by atoms with Crippen molar-refractivity contribution in [1.82, 2.24) is 0 Å². The highest BCUT2D eigenvalue weighted by molar-refractivity contribution is 5.88. The molecule has 2 N–H and O–H groups in total. The van der Waals surface area contributed by atoms with E-state index in [1.165, 1.54) is 18.3 Å². The number of benzene rings is 2. The minimum absolute atomic E-state index is 0.156. The summed E-state index contributed by atoms with van der Waals surface area (Å²) in [5.74, 6) is -0.811. The van der Waals surface area contributed by atoms with Gasteiger partial charge in [0.05, 0.1) is 11.3 Å². The van der Waals surface area contributed by atoms with Gasteiger partial charge in [-0.2, -0.15) is 0 Å². The number of nitrogens with zero attached hydrogens (tertiary/aromatic N) is 1. The molecule has 0 heterocycles. The van der Waals surface area contributed by atoms with Gasteiger partial charge in [0.25, 0.3) is 0 Å². The fourth-order valence-corrected chi connectivity index (χ4v) is 1.43. The predicted molar refractivity (Wildman–Crippen MR) is 68.8 cm³/mol. The van der Waals surface area contributed by atoms with Crippen LogP contribution in [-0.4, -0.2) is 22.4 Å². The zero-order chi connectivity index (χ0) is 13.0. The van der Waals surface area contributed by atoms with E-state index in [0.717, 1.165) is 0 Å². The number of para-hydroxylation sites is 1. The van der Waals surface area contributed by atoms with Gasteiger partial charge in [0.2, 0.25) is 0 Å². The molecule has 0 saturated carbocycles. The molecule has 18 heavy (non-hydrogen) atoms. The summed E-state index contributed by atoms with van der Waals surface area (Å²) >= 11 is 0. The van der Waals surface area contributed by atoms with Crippen LogP contribution in [0.5, 0.6) is 5.75 Å². The van der Waals surface area contributed by atoms with E-state index in [9.17, 15) is 9.90 Å². The van der Waals surface area contributed by atoms with E-state index in [4.69, 9.17) is 5.11 Å². The van der Waals surface area contributed by atoms with Crippen molar-refractivity contribution in [2.24, 2.45) is 4.99 Å². The van der Waals surface area contributed by atoms with Crippen molar-refractivity contribution in [3.8, 4) is 5.75 Å². The summed E-state index contributed by atoms with van der Waals surface area (Å²) in [4.78, 5) is 14.8. The van der Waals surface area contributed by atoms with Gasteiger partial charge in [-0.15, -0.1) is 0 Å². The summed E-state index contributed by atoms with van der Waals surface area (Å²) in [7, 11) is 0. The predicted octanol–water partition coefficient (Wildman–Crippen LogP) is 2.84. The second-order valence-electron chi connectivity index (χ2n) is 3.67. The maximum absolute atomic E-state index is 10.7. The van der Waals surface area contributed by atoms with Crippen LogP contribution < -0.4 is 0 Å². The van der Waals surface area contributed by atoms with Gasteiger partial charge < -0.3 is 10.2 Å². The number of aromatic hydroxyl groups is 1. The average molecular weight is 241 g/mol. The lowest BCUT2D eigenvalue weighted by molar-refractivity contribution is 0.0697. The Kier molecular flexibility index (Phi) is 3.38. The Labute approximate surface area is 104 Å².